The van der Waals surface area contributed by atoms with Crippen LogP contribution in [-0.2, 0) is 45.1 Å². The van der Waals surface area contributed by atoms with E-state index in [1.165, 1.54) is 34.9 Å². The van der Waals surface area contributed by atoms with Crippen molar-refractivity contribution in [2.45, 2.75) is 131 Å². The van der Waals surface area contributed by atoms with E-state index in [4.69, 9.17) is 38.9 Å². The molecule has 0 aliphatic rings. The summed E-state index contributed by atoms with van der Waals surface area (Å²) in [5, 5.41) is 31.2. The Bertz CT molecular complexity index is 7950. The fraction of sp³-hybridized carbons (Fsp3) is 0.250. The average molecular weight is 2030 g/mol. The van der Waals surface area contributed by atoms with Gasteiger partial charge in [0.15, 0.2) is 22.6 Å². The lowest BCUT2D eigenvalue weighted by atomic mass is 10.1. The number of carboxylic acids is 1. The van der Waals surface area contributed by atoms with Crippen LogP contribution in [0, 0.1) is 0 Å². The van der Waals surface area contributed by atoms with Crippen molar-refractivity contribution >= 4 is 143 Å². The standard InChI is InChI=1S/C29H30N6O4.C27H28N6O2.C25H24N6O2.C24H22N6O2.C3H7I/c1-6-38-27(36)21-16-31-35-24(33(5)17-19-11-8-7-9-12-19)15-23(32-26(21)35)22-18-34(28(37)39-29(2,3)4)25-20(22)13-10-14-30-25;1-5-35-27(34)21-15-29-33-24(31(4)16-19-10-7-6-8-11-19)14-23(30-26(21)33)22-17-32(18(2)3)25-20(22)12-9-13-28-25;1-16(2)30-15-20(18-10-7-11-26-23(18)30)21-12-22(29(3)14-17-8-5-4-6-9-17)31-24(28-21)19(13-27-31)25(32)33;1-3-32-24(31)19-14-27-30-21(29(2)15-16-8-5-4-6-9-16)12-20(28-23(19)30)18-13-26-22-17(18)10-7-11-25-22;1-3(2)4/h7-16,18H,6,17H2,1-5H3;6-15,17-18H,5,16H2,1-4H3;4-13,15-16H,14H2,1-3H3,(H,32,33);4-14H,3,15H2,1-2H3,(H,25,26);3H,1-2H3. The van der Waals surface area contributed by atoms with Crippen LogP contribution in [0.3, 0.4) is 0 Å². The third-order valence-corrected chi connectivity index (χ3v) is 23.1. The third kappa shape index (κ3) is 22.0. The maximum atomic E-state index is 13.1. The second-order valence-electron chi connectivity index (χ2n) is 35.7. The number of hydrogen-bond donors (Lipinski definition) is 2. The number of ether oxygens (including phenoxy) is 4. The molecule has 35 heteroatoms. The van der Waals surface area contributed by atoms with Crippen LogP contribution in [0.25, 0.3) is 112 Å². The van der Waals surface area contributed by atoms with Crippen LogP contribution >= 0.6 is 22.6 Å². The molecule has 0 saturated carbocycles. The van der Waals surface area contributed by atoms with Crippen LogP contribution in [-0.4, -0.2) is 190 Å². The molecule has 34 nitrogen and oxygen atoms in total. The molecule has 0 atom stereocenters. The highest BCUT2D eigenvalue weighted by Crippen LogP contribution is 2.40. The first-order valence-electron chi connectivity index (χ1n) is 46.9. The van der Waals surface area contributed by atoms with Gasteiger partial charge in [-0.2, -0.15) is 38.5 Å². The number of carbonyl (C=O) groups is 5. The van der Waals surface area contributed by atoms with Gasteiger partial charge in [-0.25, -0.2) is 68.4 Å². The summed E-state index contributed by atoms with van der Waals surface area (Å²) >= 11 is 2.34. The van der Waals surface area contributed by atoms with Crippen molar-refractivity contribution in [3.63, 3.8) is 0 Å². The van der Waals surface area contributed by atoms with Gasteiger partial charge in [0.25, 0.3) is 0 Å². The van der Waals surface area contributed by atoms with Crippen molar-refractivity contribution < 1.29 is 48.0 Å². The lowest BCUT2D eigenvalue weighted by molar-refractivity contribution is 0.0518. The average Bonchev–Trinajstić information content (AvgIpc) is 1.62. The van der Waals surface area contributed by atoms with Crippen molar-refractivity contribution in [2.75, 3.05) is 67.6 Å². The molecule has 0 aliphatic heterocycles. The van der Waals surface area contributed by atoms with E-state index in [-0.39, 0.29) is 43.0 Å². The number of rotatable bonds is 25. The van der Waals surface area contributed by atoms with E-state index in [1.54, 1.807) is 75.9 Å². The van der Waals surface area contributed by atoms with Gasteiger partial charge < -0.3 is 57.8 Å². The molecule has 2 N–H and O–H groups in total. The molecular weight excluding hydrogens is 1920 g/mol. The van der Waals surface area contributed by atoms with Crippen LogP contribution < -0.4 is 19.6 Å². The number of H-pyrrole nitrogens is 1. The van der Waals surface area contributed by atoms with Crippen molar-refractivity contribution in [3.05, 3.63) is 313 Å². The number of benzene rings is 4. The summed E-state index contributed by atoms with van der Waals surface area (Å²) in [6.45, 7) is 26.9. The summed E-state index contributed by atoms with van der Waals surface area (Å²) in [7, 11) is 7.92. The quantitative estimate of drug-likeness (QED) is 0.0232. The van der Waals surface area contributed by atoms with Gasteiger partial charge in [-0.15, -0.1) is 0 Å². The first-order valence-corrected chi connectivity index (χ1v) is 48.2. The Labute approximate surface area is 838 Å². The third-order valence-electron chi connectivity index (χ3n) is 23.1. The number of halogens is 1. The molecule has 0 saturated heterocycles. The molecule has 0 fully saturated rings. The molecule has 0 aliphatic carbocycles. The van der Waals surface area contributed by atoms with E-state index in [0.29, 0.717) is 93.7 Å². The molecule has 16 heterocycles. The van der Waals surface area contributed by atoms with Crippen molar-refractivity contribution in [3.8, 4) is 45.0 Å². The number of fused-ring (bicyclic) bond motifs is 8. The van der Waals surface area contributed by atoms with Gasteiger partial charge in [0.05, 0.1) is 67.4 Å². The number of anilines is 4. The zero-order valence-corrected chi connectivity index (χ0v) is 84.5. The Morgan fingerprint density at radius 3 is 1.00 bits per heavy atom. The number of hydrogen-bond acceptors (Lipinski definition) is 25. The molecular formula is C108H111IN24O10. The van der Waals surface area contributed by atoms with Crippen LogP contribution in [0.4, 0.5) is 28.1 Å². The number of aromatic amines is 1. The van der Waals surface area contributed by atoms with Crippen molar-refractivity contribution in [2.24, 2.45) is 0 Å². The Balaban J connectivity index is 0.000000135. The lowest BCUT2D eigenvalue weighted by Gasteiger charge is -2.21. The van der Waals surface area contributed by atoms with E-state index < -0.39 is 35.6 Å². The first-order chi connectivity index (χ1) is 69.0. The largest absolute Gasteiger partial charge is 0.477 e. The highest BCUT2D eigenvalue weighted by atomic mass is 127. The number of nitrogens with zero attached hydrogens (tertiary/aromatic N) is 23. The summed E-state index contributed by atoms with van der Waals surface area (Å²) in [5.41, 5.74) is 15.6. The topological polar surface area (TPSA) is 358 Å². The van der Waals surface area contributed by atoms with Gasteiger partial charge in [0.1, 0.15) is 73.7 Å². The van der Waals surface area contributed by atoms with E-state index in [1.807, 2.05) is 217 Å². The lowest BCUT2D eigenvalue weighted by Crippen LogP contribution is -2.26. The fourth-order valence-electron chi connectivity index (χ4n) is 16.6. The second-order valence-corrected chi connectivity index (χ2v) is 38.2. The van der Waals surface area contributed by atoms with E-state index in [0.717, 1.165) is 99.2 Å². The Morgan fingerprint density at radius 1 is 0.385 bits per heavy atom. The van der Waals surface area contributed by atoms with Crippen LogP contribution in [0.2, 0.25) is 0 Å². The first kappa shape index (κ1) is 99.4. The maximum Gasteiger partial charge on any atom is 0.420 e. The monoisotopic (exact) mass is 2030 g/mol. The van der Waals surface area contributed by atoms with Gasteiger partial charge in [-0.3, -0.25) is 0 Å². The molecule has 20 rings (SSSR count). The zero-order chi connectivity index (χ0) is 101. The molecule has 16 aromatic heterocycles. The number of carbonyl (C=O) groups excluding carboxylic acids is 4. The van der Waals surface area contributed by atoms with Gasteiger partial charge in [0.2, 0.25) is 0 Å². The molecule has 0 spiro atoms. The molecule has 730 valence electrons. The van der Waals surface area contributed by atoms with Gasteiger partial charge >= 0.3 is 30.0 Å². The van der Waals surface area contributed by atoms with Crippen LogP contribution in [0.15, 0.2) is 268 Å². The number of aromatic nitrogens is 20. The van der Waals surface area contributed by atoms with E-state index >= 15 is 0 Å². The number of aromatic carboxylic acids is 1. The molecule has 143 heavy (non-hydrogen) atoms. The summed E-state index contributed by atoms with van der Waals surface area (Å²) in [4.78, 5) is 112. The van der Waals surface area contributed by atoms with Crippen LogP contribution in [0.5, 0.6) is 0 Å². The smallest absolute Gasteiger partial charge is 0.420 e. The Kier molecular flexibility index (Phi) is 30.5. The molecule has 0 radical (unpaired) electrons. The second kappa shape index (κ2) is 43.8. The Hall–Kier alpha value is -16.6. The molecule has 4 aromatic carbocycles. The highest BCUT2D eigenvalue weighted by Gasteiger charge is 2.30. The number of alkyl halides is 1. The van der Waals surface area contributed by atoms with Gasteiger partial charge in [-0.05, 0) is 140 Å². The molecule has 0 bridgehead atoms. The van der Waals surface area contributed by atoms with Gasteiger partial charge in [0, 0.05) is 188 Å². The maximum absolute atomic E-state index is 13.1. The predicted molar refractivity (Wildman–Crippen MR) is 564 cm³/mol. The van der Waals surface area contributed by atoms with E-state index in [9.17, 15) is 29.1 Å². The van der Waals surface area contributed by atoms with Crippen LogP contribution in [0.1, 0.15) is 159 Å². The molecule has 20 aromatic rings. The van der Waals surface area contributed by atoms with E-state index in [2.05, 4.69) is 177 Å². The summed E-state index contributed by atoms with van der Waals surface area (Å²) in [5.74, 6) is 0.641. The van der Waals surface area contributed by atoms with Gasteiger partial charge in [-0.1, -0.05) is 158 Å². The fourth-order valence-corrected chi connectivity index (χ4v) is 16.6. The minimum absolute atomic E-state index is 0.0666. The minimum atomic E-state index is -1.06. The summed E-state index contributed by atoms with van der Waals surface area (Å²) in [6, 6.07) is 64.3. The normalized spacial score (nSPS) is 11.4. The molecule has 0 unspecified atom stereocenters. The number of pyridine rings is 4. The van der Waals surface area contributed by atoms with Crippen molar-refractivity contribution in [1.82, 2.24) is 97.0 Å². The van der Waals surface area contributed by atoms with Crippen molar-refractivity contribution in [1.29, 1.82) is 0 Å². The Morgan fingerprint density at radius 2 is 0.678 bits per heavy atom. The minimum Gasteiger partial charge on any atom is -0.477 e. The SMILES string of the molecule is CC(C)I.CC(C)n1cc(-c2cc(N(C)Cc3ccccc3)n3ncc(C(=O)O)c3n2)c2cccnc21.CCOC(=O)c1cnn2c(N(C)Cc3ccccc3)cc(-c3c[nH]c4ncccc34)nc12.CCOC(=O)c1cnn2c(N(C)Cc3ccccc3)cc(-c3cn(C(=O)OC(C)(C)C)c4ncccc34)nc12.CCOC(=O)c1cnn2c(N(C)Cc3ccccc3)cc(-c3cn(C(C)C)c4ncccc34)nc12. The predicted octanol–water partition coefficient (Wildman–Crippen LogP) is 21.1. The zero-order valence-electron chi connectivity index (χ0n) is 82.4. The highest BCUT2D eigenvalue weighted by molar-refractivity contribution is 14.1. The summed E-state index contributed by atoms with van der Waals surface area (Å²) < 4.78 is 34.5. The molecule has 0 amide bonds. The number of carboxylic acid groups (broad SMARTS) is 1. The number of esters is 3. The summed E-state index contributed by atoms with van der Waals surface area (Å²) in [6.07, 6.45) is 20.0. The number of nitrogens with one attached hydrogen (secondary N) is 1.